The topological polar surface area (TPSA) is 132 Å². The summed E-state index contributed by atoms with van der Waals surface area (Å²) in [5.74, 6) is -1.33. The first-order valence-corrected chi connectivity index (χ1v) is 11.6. The van der Waals surface area contributed by atoms with E-state index in [0.29, 0.717) is 11.5 Å². The number of carbonyl (C=O) groups is 2. The molecule has 3 rings (SSSR count). The van der Waals surface area contributed by atoms with Crippen molar-refractivity contribution in [1.29, 1.82) is 0 Å². The number of nitrogens with one attached hydrogen (secondary N) is 1. The van der Waals surface area contributed by atoms with Crippen LogP contribution in [0.3, 0.4) is 0 Å². The monoisotopic (exact) mass is 462 g/mol. The highest BCUT2D eigenvalue weighted by Gasteiger charge is 2.55. The maximum absolute atomic E-state index is 13.5. The summed E-state index contributed by atoms with van der Waals surface area (Å²) in [7, 11) is -4.34. The maximum atomic E-state index is 13.5. The number of carboxylic acids is 1. The predicted octanol–water partition coefficient (Wildman–Crippen LogP) is 2.56. The van der Waals surface area contributed by atoms with Crippen molar-refractivity contribution in [3.8, 4) is 11.5 Å². The van der Waals surface area contributed by atoms with Gasteiger partial charge in [0.05, 0.1) is 11.1 Å². The number of aliphatic carboxylic acids is 1. The van der Waals surface area contributed by atoms with Crippen molar-refractivity contribution in [2.75, 3.05) is 6.54 Å². The lowest BCUT2D eigenvalue weighted by Gasteiger charge is -2.37. The van der Waals surface area contributed by atoms with Crippen LogP contribution >= 0.6 is 0 Å². The fourth-order valence-electron chi connectivity index (χ4n) is 3.50. The first-order chi connectivity index (χ1) is 14.9. The minimum Gasteiger partial charge on any atom is -0.480 e. The molecule has 2 aromatic rings. The van der Waals surface area contributed by atoms with Gasteiger partial charge < -0.3 is 19.9 Å². The maximum Gasteiger partial charge on any atom is 0.325 e. The fourth-order valence-corrected chi connectivity index (χ4v) is 5.43. The van der Waals surface area contributed by atoms with E-state index in [0.717, 1.165) is 0 Å². The van der Waals surface area contributed by atoms with Crippen molar-refractivity contribution in [3.63, 3.8) is 0 Å². The SMILES string of the molecule is CC(C)(C)OC(=O)C1CC(C(=O)O)(S(=O)(=O)c2ccc(Oc3cccnc3)cc2)CCN1. The summed E-state index contributed by atoms with van der Waals surface area (Å²) in [5, 5.41) is 12.9. The van der Waals surface area contributed by atoms with Gasteiger partial charge in [-0.25, -0.2) is 8.42 Å². The third kappa shape index (κ3) is 4.91. The molecular formula is C22H26N2O7S. The molecule has 1 fully saturated rings. The standard InChI is InChI=1S/C22H26N2O7S/c1-21(2,3)31-19(25)18-13-22(20(26)27,10-12-24-18)32(28,29)17-8-6-15(7-9-17)30-16-5-4-11-23-14-16/h4-9,11,14,18,24H,10,12-13H2,1-3H3,(H,26,27). The average molecular weight is 463 g/mol. The Kier molecular flexibility index (Phi) is 6.56. The van der Waals surface area contributed by atoms with E-state index in [4.69, 9.17) is 9.47 Å². The number of rotatable bonds is 6. The van der Waals surface area contributed by atoms with Crippen LogP contribution in [0.25, 0.3) is 0 Å². The number of benzene rings is 1. The van der Waals surface area contributed by atoms with Crippen LogP contribution in [-0.4, -0.2) is 53.4 Å². The molecule has 0 amide bonds. The lowest BCUT2D eigenvalue weighted by molar-refractivity contribution is -0.158. The second kappa shape index (κ2) is 8.87. The molecule has 32 heavy (non-hydrogen) atoms. The molecule has 0 spiro atoms. The smallest absolute Gasteiger partial charge is 0.325 e. The summed E-state index contributed by atoms with van der Waals surface area (Å²) in [5.41, 5.74) is -0.787. The lowest BCUT2D eigenvalue weighted by atomic mass is 9.91. The number of hydrogen-bond acceptors (Lipinski definition) is 8. The second-order valence-corrected chi connectivity index (χ2v) is 10.8. The van der Waals surface area contributed by atoms with E-state index in [2.05, 4.69) is 10.3 Å². The Bertz CT molecular complexity index is 1080. The van der Waals surface area contributed by atoms with Gasteiger partial charge in [-0.05, 0) is 70.1 Å². The Morgan fingerprint density at radius 2 is 1.84 bits per heavy atom. The average Bonchev–Trinajstić information content (AvgIpc) is 2.73. The molecule has 0 radical (unpaired) electrons. The van der Waals surface area contributed by atoms with Crippen LogP contribution in [0.4, 0.5) is 0 Å². The molecule has 2 atom stereocenters. The summed E-state index contributed by atoms with van der Waals surface area (Å²) in [6.07, 6.45) is 2.48. The quantitative estimate of drug-likeness (QED) is 0.622. The van der Waals surface area contributed by atoms with E-state index in [9.17, 15) is 23.1 Å². The van der Waals surface area contributed by atoms with Crippen molar-refractivity contribution >= 4 is 21.8 Å². The van der Waals surface area contributed by atoms with Gasteiger partial charge in [0.2, 0.25) is 0 Å². The van der Waals surface area contributed by atoms with E-state index >= 15 is 0 Å². The lowest BCUT2D eigenvalue weighted by Crippen LogP contribution is -2.59. The summed E-state index contributed by atoms with van der Waals surface area (Å²) < 4.78 is 35.7. The Morgan fingerprint density at radius 3 is 2.41 bits per heavy atom. The van der Waals surface area contributed by atoms with Gasteiger partial charge >= 0.3 is 11.9 Å². The highest BCUT2D eigenvalue weighted by molar-refractivity contribution is 7.93. The minimum atomic E-state index is -4.34. The molecule has 1 aromatic carbocycles. The highest BCUT2D eigenvalue weighted by atomic mass is 32.2. The molecule has 0 bridgehead atoms. The molecule has 10 heteroatoms. The molecular weight excluding hydrogens is 436 g/mol. The van der Waals surface area contributed by atoms with E-state index in [-0.39, 0.29) is 17.9 Å². The van der Waals surface area contributed by atoms with Crippen molar-refractivity contribution in [3.05, 3.63) is 48.8 Å². The number of sulfone groups is 1. The zero-order valence-electron chi connectivity index (χ0n) is 18.1. The number of aromatic nitrogens is 1. The largest absolute Gasteiger partial charge is 0.480 e. The Morgan fingerprint density at radius 1 is 1.16 bits per heavy atom. The number of carboxylic acid groups (broad SMARTS) is 1. The first kappa shape index (κ1) is 23.7. The van der Waals surface area contributed by atoms with Gasteiger partial charge in [0.25, 0.3) is 0 Å². The van der Waals surface area contributed by atoms with Crippen LogP contribution < -0.4 is 10.1 Å². The van der Waals surface area contributed by atoms with Gasteiger partial charge in [0, 0.05) is 12.6 Å². The second-order valence-electron chi connectivity index (χ2n) is 8.56. The molecule has 1 aromatic heterocycles. The molecule has 0 aliphatic carbocycles. The van der Waals surface area contributed by atoms with E-state index < -0.39 is 44.6 Å². The molecule has 172 valence electrons. The van der Waals surface area contributed by atoms with Gasteiger partial charge in [0.1, 0.15) is 23.1 Å². The van der Waals surface area contributed by atoms with Crippen molar-refractivity contribution < 1.29 is 32.6 Å². The number of carbonyl (C=O) groups excluding carboxylic acids is 1. The molecule has 1 aliphatic heterocycles. The summed E-state index contributed by atoms with van der Waals surface area (Å²) in [6.45, 7) is 5.09. The summed E-state index contributed by atoms with van der Waals surface area (Å²) >= 11 is 0. The van der Waals surface area contributed by atoms with Gasteiger partial charge in [-0.2, -0.15) is 0 Å². The molecule has 1 saturated heterocycles. The Labute approximate surface area is 186 Å². The number of nitrogens with zero attached hydrogens (tertiary/aromatic N) is 1. The van der Waals surface area contributed by atoms with Crippen LogP contribution in [0.2, 0.25) is 0 Å². The Hall–Kier alpha value is -2.98. The molecule has 0 saturated carbocycles. The van der Waals surface area contributed by atoms with Crippen molar-refractivity contribution in [2.24, 2.45) is 0 Å². The van der Waals surface area contributed by atoms with Crippen LogP contribution in [0.1, 0.15) is 33.6 Å². The van der Waals surface area contributed by atoms with Crippen LogP contribution in [-0.2, 0) is 24.2 Å². The molecule has 9 nitrogen and oxygen atoms in total. The normalized spacial score (nSPS) is 21.5. The summed E-state index contributed by atoms with van der Waals surface area (Å²) in [6, 6.07) is 7.84. The molecule has 1 aliphatic rings. The first-order valence-electron chi connectivity index (χ1n) is 10.1. The van der Waals surface area contributed by atoms with E-state index in [1.807, 2.05) is 0 Å². The number of hydrogen-bond donors (Lipinski definition) is 2. The Balaban J connectivity index is 1.88. The third-order valence-electron chi connectivity index (χ3n) is 5.05. The van der Waals surface area contributed by atoms with E-state index in [1.165, 1.54) is 30.5 Å². The number of esters is 1. The zero-order chi connectivity index (χ0) is 23.6. The fraction of sp³-hybridized carbons (Fsp3) is 0.409. The van der Waals surface area contributed by atoms with Crippen molar-refractivity contribution in [2.45, 2.75) is 54.9 Å². The number of piperidine rings is 1. The van der Waals surface area contributed by atoms with Crippen LogP contribution in [0.5, 0.6) is 11.5 Å². The number of pyridine rings is 1. The summed E-state index contributed by atoms with van der Waals surface area (Å²) in [4.78, 5) is 28.6. The van der Waals surface area contributed by atoms with Gasteiger partial charge in [-0.15, -0.1) is 0 Å². The van der Waals surface area contributed by atoms with Crippen LogP contribution in [0.15, 0.2) is 53.7 Å². The van der Waals surface area contributed by atoms with Gasteiger partial charge in [-0.1, -0.05) is 0 Å². The zero-order valence-corrected chi connectivity index (χ0v) is 18.9. The van der Waals surface area contributed by atoms with Crippen molar-refractivity contribution in [1.82, 2.24) is 10.3 Å². The third-order valence-corrected chi connectivity index (χ3v) is 7.52. The molecule has 2 unspecified atom stereocenters. The predicted molar refractivity (Wildman–Crippen MR) is 115 cm³/mol. The number of ether oxygens (including phenoxy) is 2. The molecule has 2 heterocycles. The van der Waals surface area contributed by atoms with Gasteiger partial charge in [0.15, 0.2) is 14.6 Å². The highest BCUT2D eigenvalue weighted by Crippen LogP contribution is 2.37. The van der Waals surface area contributed by atoms with Crippen LogP contribution in [0, 0.1) is 0 Å². The molecule has 2 N–H and O–H groups in total. The van der Waals surface area contributed by atoms with Gasteiger partial charge in [-0.3, -0.25) is 14.6 Å². The minimum absolute atomic E-state index is 0.0393. The van der Waals surface area contributed by atoms with E-state index in [1.54, 1.807) is 39.1 Å².